The molecule has 6 nitrogen and oxygen atoms in total. The molecule has 0 unspecified atom stereocenters. The van der Waals surface area contributed by atoms with Gasteiger partial charge in [0.15, 0.2) is 6.61 Å². The van der Waals surface area contributed by atoms with Gasteiger partial charge in [0, 0.05) is 28.6 Å². The summed E-state index contributed by atoms with van der Waals surface area (Å²) in [5.41, 5.74) is 2.22. The summed E-state index contributed by atoms with van der Waals surface area (Å²) in [5.74, 6) is -0.210. The van der Waals surface area contributed by atoms with Crippen molar-refractivity contribution in [3.8, 4) is 5.75 Å². The van der Waals surface area contributed by atoms with E-state index in [1.165, 1.54) is 6.26 Å². The first-order valence-electron chi connectivity index (χ1n) is 8.26. The molecule has 0 radical (unpaired) electrons. The lowest BCUT2D eigenvalue weighted by Crippen LogP contribution is -2.28. The summed E-state index contributed by atoms with van der Waals surface area (Å²) >= 11 is 5.81. The molecule has 1 amide bonds. The van der Waals surface area contributed by atoms with Crippen molar-refractivity contribution in [2.45, 2.75) is 13.0 Å². The monoisotopic (exact) mass is 387 g/mol. The molecule has 0 fully saturated rings. The molecule has 3 rings (SSSR count). The van der Waals surface area contributed by atoms with Crippen molar-refractivity contribution in [3.63, 3.8) is 0 Å². The third-order valence-electron chi connectivity index (χ3n) is 3.96. The van der Waals surface area contributed by atoms with Gasteiger partial charge in [-0.1, -0.05) is 23.7 Å². The molecule has 0 aliphatic heterocycles. The lowest BCUT2D eigenvalue weighted by molar-refractivity contribution is -0.147. The molecular formula is C20H18ClNO5. The van der Waals surface area contributed by atoms with Gasteiger partial charge in [0.05, 0.1) is 19.8 Å². The van der Waals surface area contributed by atoms with E-state index in [2.05, 4.69) is 5.32 Å². The lowest BCUT2D eigenvalue weighted by atomic mass is 10.1. The number of ether oxygens (including phenoxy) is 2. The van der Waals surface area contributed by atoms with Crippen LogP contribution in [0.4, 0.5) is 0 Å². The SMILES string of the molecule is COc1ccc2c(CC(=O)OCC(=O)NCc3ccc(Cl)cc3)coc2c1. The Balaban J connectivity index is 1.48. The number of hydrogen-bond acceptors (Lipinski definition) is 5. The van der Waals surface area contributed by atoms with Crippen molar-refractivity contribution in [2.75, 3.05) is 13.7 Å². The predicted molar refractivity (Wildman–Crippen MR) is 101 cm³/mol. The number of halogens is 1. The Morgan fingerprint density at radius 2 is 1.93 bits per heavy atom. The molecule has 2 aromatic carbocycles. The van der Waals surface area contributed by atoms with Gasteiger partial charge in [-0.05, 0) is 29.8 Å². The molecule has 27 heavy (non-hydrogen) atoms. The van der Waals surface area contributed by atoms with Crippen molar-refractivity contribution in [3.05, 3.63) is 64.9 Å². The largest absolute Gasteiger partial charge is 0.497 e. The molecular weight excluding hydrogens is 370 g/mol. The van der Waals surface area contributed by atoms with Gasteiger partial charge >= 0.3 is 5.97 Å². The number of nitrogens with one attached hydrogen (secondary N) is 1. The molecule has 0 atom stereocenters. The number of fused-ring (bicyclic) bond motifs is 1. The van der Waals surface area contributed by atoms with Crippen LogP contribution in [-0.4, -0.2) is 25.6 Å². The van der Waals surface area contributed by atoms with Crippen LogP contribution < -0.4 is 10.1 Å². The minimum atomic E-state index is -0.504. The Kier molecular flexibility index (Phi) is 5.98. The average molecular weight is 388 g/mol. The van der Waals surface area contributed by atoms with Crippen LogP contribution in [0.2, 0.25) is 5.02 Å². The summed E-state index contributed by atoms with van der Waals surface area (Å²) in [6.07, 6.45) is 1.52. The predicted octanol–water partition coefficient (Wildman–Crippen LogP) is 3.50. The van der Waals surface area contributed by atoms with Crippen LogP contribution in [0.1, 0.15) is 11.1 Å². The second-order valence-corrected chi connectivity index (χ2v) is 6.30. The number of amides is 1. The van der Waals surface area contributed by atoms with E-state index in [9.17, 15) is 9.59 Å². The maximum atomic E-state index is 12.0. The lowest BCUT2D eigenvalue weighted by Gasteiger charge is -2.07. The highest BCUT2D eigenvalue weighted by molar-refractivity contribution is 6.30. The molecule has 0 aliphatic rings. The molecule has 0 spiro atoms. The molecule has 0 saturated heterocycles. The average Bonchev–Trinajstić information content (AvgIpc) is 3.07. The highest BCUT2D eigenvalue weighted by atomic mass is 35.5. The Labute approximate surface area is 161 Å². The van der Waals surface area contributed by atoms with Gasteiger partial charge in [-0.15, -0.1) is 0 Å². The van der Waals surface area contributed by atoms with Crippen molar-refractivity contribution >= 4 is 34.4 Å². The van der Waals surface area contributed by atoms with Crippen LogP contribution in [0.3, 0.4) is 0 Å². The first-order valence-corrected chi connectivity index (χ1v) is 8.64. The zero-order valence-electron chi connectivity index (χ0n) is 14.7. The summed E-state index contributed by atoms with van der Waals surface area (Å²) in [7, 11) is 1.57. The van der Waals surface area contributed by atoms with Crippen LogP contribution in [0.15, 0.2) is 53.1 Å². The maximum absolute atomic E-state index is 12.0. The van der Waals surface area contributed by atoms with Gasteiger partial charge in [0.1, 0.15) is 11.3 Å². The zero-order chi connectivity index (χ0) is 19.2. The third-order valence-corrected chi connectivity index (χ3v) is 4.22. The highest BCUT2D eigenvalue weighted by Gasteiger charge is 2.13. The van der Waals surface area contributed by atoms with Gasteiger partial charge in [-0.3, -0.25) is 9.59 Å². The fourth-order valence-electron chi connectivity index (χ4n) is 2.53. The van der Waals surface area contributed by atoms with Crippen LogP contribution in [0.5, 0.6) is 5.75 Å². The molecule has 140 valence electrons. The first kappa shape index (κ1) is 18.8. The maximum Gasteiger partial charge on any atom is 0.310 e. The van der Waals surface area contributed by atoms with Crippen molar-refractivity contribution < 1.29 is 23.5 Å². The quantitative estimate of drug-likeness (QED) is 0.628. The van der Waals surface area contributed by atoms with Gasteiger partial charge in [0.2, 0.25) is 0 Å². The summed E-state index contributed by atoms with van der Waals surface area (Å²) < 4.78 is 15.6. The van der Waals surface area contributed by atoms with Crippen molar-refractivity contribution in [2.24, 2.45) is 0 Å². The van der Waals surface area contributed by atoms with Crippen LogP contribution in [0.25, 0.3) is 11.0 Å². The van der Waals surface area contributed by atoms with E-state index in [-0.39, 0.29) is 18.9 Å². The molecule has 7 heteroatoms. The second-order valence-electron chi connectivity index (χ2n) is 5.86. The number of carbonyl (C=O) groups is 2. The number of esters is 1. The number of furan rings is 1. The summed E-state index contributed by atoms with van der Waals surface area (Å²) in [6, 6.07) is 12.5. The molecule has 1 heterocycles. The fourth-order valence-corrected chi connectivity index (χ4v) is 2.66. The Hall–Kier alpha value is -2.99. The van der Waals surface area contributed by atoms with E-state index in [1.807, 2.05) is 18.2 Å². The van der Waals surface area contributed by atoms with Crippen LogP contribution >= 0.6 is 11.6 Å². The highest BCUT2D eigenvalue weighted by Crippen LogP contribution is 2.26. The van der Waals surface area contributed by atoms with Gasteiger partial charge in [-0.25, -0.2) is 0 Å². The zero-order valence-corrected chi connectivity index (χ0v) is 15.4. The molecule has 0 aliphatic carbocycles. The molecule has 1 aromatic heterocycles. The third kappa shape index (κ3) is 5.01. The number of methoxy groups -OCH3 is 1. The van der Waals surface area contributed by atoms with Gasteiger partial charge < -0.3 is 19.2 Å². The van der Waals surface area contributed by atoms with Crippen molar-refractivity contribution in [1.82, 2.24) is 5.32 Å². The van der Waals surface area contributed by atoms with E-state index >= 15 is 0 Å². The minimum absolute atomic E-state index is 0.0177. The molecule has 0 saturated carbocycles. The van der Waals surface area contributed by atoms with E-state index in [0.29, 0.717) is 28.5 Å². The van der Waals surface area contributed by atoms with Gasteiger partial charge in [0.25, 0.3) is 5.91 Å². The molecule has 1 N–H and O–H groups in total. The minimum Gasteiger partial charge on any atom is -0.497 e. The Morgan fingerprint density at radius 3 is 2.67 bits per heavy atom. The number of carbonyl (C=O) groups excluding carboxylic acids is 2. The molecule has 3 aromatic rings. The first-order chi connectivity index (χ1) is 13.0. The molecule has 0 bridgehead atoms. The summed E-state index contributed by atoms with van der Waals surface area (Å²) in [6.45, 7) is -0.00220. The van der Waals surface area contributed by atoms with E-state index in [0.717, 1.165) is 10.9 Å². The topological polar surface area (TPSA) is 77.8 Å². The fraction of sp³-hybridized carbons (Fsp3) is 0.200. The van der Waals surface area contributed by atoms with E-state index in [4.69, 9.17) is 25.5 Å². The van der Waals surface area contributed by atoms with E-state index in [1.54, 1.807) is 31.4 Å². The smallest absolute Gasteiger partial charge is 0.310 e. The Morgan fingerprint density at radius 1 is 1.15 bits per heavy atom. The number of hydrogen-bond donors (Lipinski definition) is 1. The Bertz CT molecular complexity index is 949. The van der Waals surface area contributed by atoms with Crippen LogP contribution in [-0.2, 0) is 27.3 Å². The normalized spacial score (nSPS) is 10.6. The summed E-state index contributed by atoms with van der Waals surface area (Å²) in [4.78, 5) is 23.8. The number of benzene rings is 2. The van der Waals surface area contributed by atoms with Crippen molar-refractivity contribution in [1.29, 1.82) is 0 Å². The number of rotatable bonds is 7. The van der Waals surface area contributed by atoms with Crippen LogP contribution in [0, 0.1) is 0 Å². The van der Waals surface area contributed by atoms with Gasteiger partial charge in [-0.2, -0.15) is 0 Å². The summed E-state index contributed by atoms with van der Waals surface area (Å²) in [5, 5.41) is 4.12. The van der Waals surface area contributed by atoms with E-state index < -0.39 is 5.97 Å². The standard InChI is InChI=1S/C20H18ClNO5/c1-25-16-6-7-17-14(11-26-18(17)9-16)8-20(24)27-12-19(23)22-10-13-2-4-15(21)5-3-13/h2-7,9,11H,8,10,12H2,1H3,(H,22,23). The second kappa shape index (κ2) is 8.60.